The Morgan fingerprint density at radius 1 is 0.524 bits per heavy atom. The van der Waals surface area contributed by atoms with Gasteiger partial charge in [0, 0.05) is 6.42 Å². The zero-order chi connectivity index (χ0) is 46.4. The maximum Gasteiger partial charge on any atom is 0.472 e. The normalized spacial score (nSPS) is 14.5. The molecule has 0 radical (unpaired) electrons. The first-order chi connectivity index (χ1) is 30.5. The van der Waals surface area contributed by atoms with Gasteiger partial charge in [0.15, 0.2) is 0 Å². The van der Waals surface area contributed by atoms with Crippen LogP contribution < -0.4 is 5.32 Å². The Morgan fingerprint density at radius 3 is 1.27 bits per heavy atom. The van der Waals surface area contributed by atoms with Crippen molar-refractivity contribution in [2.75, 3.05) is 40.9 Å². The van der Waals surface area contributed by atoms with Crippen LogP contribution in [-0.2, 0) is 18.4 Å². The van der Waals surface area contributed by atoms with Crippen molar-refractivity contribution in [3.63, 3.8) is 0 Å². The summed E-state index contributed by atoms with van der Waals surface area (Å²) in [5.74, 6) is -0.195. The molecule has 3 unspecified atom stereocenters. The molecule has 0 aliphatic rings. The van der Waals surface area contributed by atoms with E-state index in [2.05, 4.69) is 55.6 Å². The Bertz CT molecular complexity index is 1170. The van der Waals surface area contributed by atoms with Gasteiger partial charge in [-0.1, -0.05) is 210 Å². The highest BCUT2D eigenvalue weighted by Gasteiger charge is 2.27. The summed E-state index contributed by atoms with van der Waals surface area (Å²) >= 11 is 0. The lowest BCUT2D eigenvalue weighted by atomic mass is 10.0. The lowest BCUT2D eigenvalue weighted by Crippen LogP contribution is -2.45. The molecular weight excluding hydrogens is 804 g/mol. The van der Waals surface area contributed by atoms with Crippen LogP contribution in [0.3, 0.4) is 0 Å². The van der Waals surface area contributed by atoms with Crippen molar-refractivity contribution in [2.45, 2.75) is 251 Å². The molecule has 0 rings (SSSR count). The van der Waals surface area contributed by atoms with Crippen molar-refractivity contribution in [1.82, 2.24) is 5.32 Å². The van der Waals surface area contributed by atoms with E-state index in [-0.39, 0.29) is 19.1 Å². The highest BCUT2D eigenvalue weighted by atomic mass is 31.2. The fourth-order valence-electron chi connectivity index (χ4n) is 7.54. The molecule has 3 atom stereocenters. The Balaban J connectivity index is 4.37. The molecule has 9 heteroatoms. The maximum absolute atomic E-state index is 12.9. The molecule has 0 saturated carbocycles. The third kappa shape index (κ3) is 48.2. The predicted octanol–water partition coefficient (Wildman–Crippen LogP) is 15.6. The molecule has 0 heterocycles. The minimum absolute atomic E-state index is 0.0521. The molecule has 8 nitrogen and oxygen atoms in total. The number of rotatable bonds is 48. The van der Waals surface area contributed by atoms with E-state index in [4.69, 9.17) is 9.05 Å². The summed E-state index contributed by atoms with van der Waals surface area (Å²) in [6, 6.07) is -0.872. The molecule has 0 aromatic heterocycles. The van der Waals surface area contributed by atoms with E-state index in [9.17, 15) is 19.4 Å². The van der Waals surface area contributed by atoms with Crippen LogP contribution in [0.4, 0.5) is 0 Å². The second-order valence-electron chi connectivity index (χ2n) is 19.2. The van der Waals surface area contributed by atoms with Crippen LogP contribution in [0.1, 0.15) is 239 Å². The first kappa shape index (κ1) is 61.5. The van der Waals surface area contributed by atoms with Crippen LogP contribution in [0.15, 0.2) is 48.6 Å². The number of unbranched alkanes of at least 4 members (excludes halogenated alkanes) is 29. The van der Waals surface area contributed by atoms with Gasteiger partial charge in [-0.25, -0.2) is 4.57 Å². The van der Waals surface area contributed by atoms with Crippen molar-refractivity contribution in [1.29, 1.82) is 0 Å². The molecule has 0 bridgehead atoms. The monoisotopic (exact) mass is 908 g/mol. The van der Waals surface area contributed by atoms with Gasteiger partial charge in [0.05, 0.1) is 39.9 Å². The number of amides is 1. The Morgan fingerprint density at radius 2 is 0.873 bits per heavy atom. The molecule has 63 heavy (non-hydrogen) atoms. The Hall–Kier alpha value is -1.54. The van der Waals surface area contributed by atoms with Crippen molar-refractivity contribution in [3.05, 3.63) is 48.6 Å². The van der Waals surface area contributed by atoms with Gasteiger partial charge >= 0.3 is 7.82 Å². The topological polar surface area (TPSA) is 105 Å². The predicted molar refractivity (Wildman–Crippen MR) is 272 cm³/mol. The fraction of sp³-hybridized carbons (Fsp3) is 0.833. The average Bonchev–Trinajstić information content (AvgIpc) is 3.24. The molecule has 0 aliphatic carbocycles. The molecule has 1 amide bonds. The molecule has 0 saturated heterocycles. The standard InChI is InChI=1S/C54H103N2O6P/c1-6-8-10-12-14-16-18-20-22-24-26-27-28-29-30-31-33-35-37-39-41-43-45-47-53(57)52(51-62-63(59,60)61-50-49-56(3,4)5)55-54(58)48-46-44-42-40-38-36-34-32-25-23-21-19-17-15-13-11-9-7-2/h23,25,30-31,37,39,45,47,52-53,57H,6-22,24,26-29,32-36,38,40-44,46,48-51H2,1-5H3,(H-,55,58,59,60)/p+1/b25-23-,31-30+,39-37+,47-45+. The molecular formula is C54H104N2O6P+. The van der Waals surface area contributed by atoms with E-state index < -0.39 is 20.0 Å². The van der Waals surface area contributed by atoms with Gasteiger partial charge in [0.1, 0.15) is 13.2 Å². The second kappa shape index (κ2) is 45.6. The molecule has 0 spiro atoms. The smallest absolute Gasteiger partial charge is 0.387 e. The zero-order valence-corrected chi connectivity index (χ0v) is 43.0. The number of hydrogen-bond donors (Lipinski definition) is 3. The lowest BCUT2D eigenvalue weighted by Gasteiger charge is -2.25. The third-order valence-electron chi connectivity index (χ3n) is 11.7. The van der Waals surface area contributed by atoms with Crippen LogP contribution >= 0.6 is 7.82 Å². The average molecular weight is 908 g/mol. The summed E-state index contributed by atoms with van der Waals surface area (Å²) < 4.78 is 23.6. The van der Waals surface area contributed by atoms with Crippen LogP contribution in [0.5, 0.6) is 0 Å². The number of aliphatic hydroxyl groups excluding tert-OH is 1. The van der Waals surface area contributed by atoms with Crippen molar-refractivity contribution in [3.8, 4) is 0 Å². The Labute approximate surface area is 390 Å². The zero-order valence-electron chi connectivity index (χ0n) is 42.1. The molecule has 0 fully saturated rings. The molecule has 370 valence electrons. The quantitative estimate of drug-likeness (QED) is 0.0243. The van der Waals surface area contributed by atoms with Crippen molar-refractivity contribution < 1.29 is 32.9 Å². The number of allylic oxidation sites excluding steroid dienone is 7. The number of nitrogens with one attached hydrogen (secondary N) is 1. The van der Waals surface area contributed by atoms with Crippen LogP contribution in [0.2, 0.25) is 0 Å². The SMILES string of the molecule is CCCCCCCCC/C=C\CCCCCCCCCC(=O)NC(COP(=O)(O)OCC[N+](C)(C)C)C(O)/C=C/CC/C=C/CC/C=C/CCCCCCCCCCCCCCC. The number of nitrogens with zero attached hydrogens (tertiary/aromatic N) is 1. The van der Waals surface area contributed by atoms with Gasteiger partial charge in [-0.15, -0.1) is 0 Å². The van der Waals surface area contributed by atoms with Gasteiger partial charge in [0.2, 0.25) is 5.91 Å². The molecule has 0 aromatic carbocycles. The lowest BCUT2D eigenvalue weighted by molar-refractivity contribution is -0.870. The van der Waals surface area contributed by atoms with E-state index in [0.29, 0.717) is 17.4 Å². The molecule has 0 aliphatic heterocycles. The number of carbonyl (C=O) groups is 1. The summed E-state index contributed by atoms with van der Waals surface area (Å²) in [5, 5.41) is 13.9. The number of phosphoric acid groups is 1. The van der Waals surface area contributed by atoms with Crippen LogP contribution in [-0.4, -0.2) is 73.4 Å². The summed E-state index contributed by atoms with van der Waals surface area (Å²) in [5.41, 5.74) is 0. The van der Waals surface area contributed by atoms with Crippen LogP contribution in [0, 0.1) is 0 Å². The summed E-state index contributed by atoms with van der Waals surface area (Å²) in [4.78, 5) is 23.2. The van der Waals surface area contributed by atoms with Gasteiger partial charge in [-0.3, -0.25) is 13.8 Å². The third-order valence-corrected chi connectivity index (χ3v) is 12.7. The Kier molecular flexibility index (Phi) is 44.5. The number of aliphatic hydroxyl groups is 1. The molecule has 0 aromatic rings. The first-order valence-electron chi connectivity index (χ1n) is 26.5. The van der Waals surface area contributed by atoms with Gasteiger partial charge in [-0.05, 0) is 70.6 Å². The summed E-state index contributed by atoms with van der Waals surface area (Å²) in [6.45, 7) is 4.79. The number of quaternary nitrogens is 1. The largest absolute Gasteiger partial charge is 0.472 e. The van der Waals surface area contributed by atoms with Gasteiger partial charge in [-0.2, -0.15) is 0 Å². The van der Waals surface area contributed by atoms with Crippen molar-refractivity contribution >= 4 is 13.7 Å². The van der Waals surface area contributed by atoms with E-state index in [1.54, 1.807) is 6.08 Å². The first-order valence-corrected chi connectivity index (χ1v) is 28.0. The summed E-state index contributed by atoms with van der Waals surface area (Å²) in [7, 11) is 1.54. The minimum Gasteiger partial charge on any atom is -0.387 e. The van der Waals surface area contributed by atoms with E-state index in [1.165, 1.54) is 173 Å². The highest BCUT2D eigenvalue weighted by Crippen LogP contribution is 2.43. The van der Waals surface area contributed by atoms with E-state index >= 15 is 0 Å². The van der Waals surface area contributed by atoms with Crippen molar-refractivity contribution in [2.24, 2.45) is 0 Å². The second-order valence-corrected chi connectivity index (χ2v) is 20.7. The van der Waals surface area contributed by atoms with Gasteiger partial charge in [0.25, 0.3) is 0 Å². The number of phosphoric ester groups is 1. The van der Waals surface area contributed by atoms with E-state index in [1.807, 2.05) is 27.2 Å². The number of hydrogen-bond acceptors (Lipinski definition) is 5. The van der Waals surface area contributed by atoms with Crippen LogP contribution in [0.25, 0.3) is 0 Å². The van der Waals surface area contributed by atoms with E-state index in [0.717, 1.165) is 44.9 Å². The number of likely N-dealkylation sites (N-methyl/N-ethyl adjacent to an activating group) is 1. The van der Waals surface area contributed by atoms with Gasteiger partial charge < -0.3 is 19.8 Å². The highest BCUT2D eigenvalue weighted by molar-refractivity contribution is 7.47. The number of carbonyl (C=O) groups excluding carboxylic acids is 1. The fourth-order valence-corrected chi connectivity index (χ4v) is 8.27. The molecule has 3 N–H and O–H groups in total. The summed E-state index contributed by atoms with van der Waals surface area (Å²) in [6.07, 6.45) is 59.1. The minimum atomic E-state index is -4.36. The maximum atomic E-state index is 12.9.